The van der Waals surface area contributed by atoms with Gasteiger partial charge in [0.1, 0.15) is 0 Å². The molecule has 0 bridgehead atoms. The lowest BCUT2D eigenvalue weighted by Gasteiger charge is -2.20. The van der Waals surface area contributed by atoms with E-state index in [1.165, 1.54) is 11.0 Å². The topological polar surface area (TPSA) is 42.3 Å². The van der Waals surface area contributed by atoms with E-state index in [0.717, 1.165) is 16.7 Å². The van der Waals surface area contributed by atoms with Crippen LogP contribution >= 0.6 is 0 Å². The molecule has 0 aliphatic carbocycles. The quantitative estimate of drug-likeness (QED) is 0.142. The average Bonchev–Trinajstić information content (AvgIpc) is 3.47. The predicted octanol–water partition coefficient (Wildman–Crippen LogP) is 10.2. The van der Waals surface area contributed by atoms with Gasteiger partial charge >= 0.3 is 12.4 Å². The van der Waals surface area contributed by atoms with Crippen LogP contribution in [0.1, 0.15) is 48.5 Å². The smallest absolute Gasteiger partial charge is 0.308 e. The second kappa shape index (κ2) is 10.3. The molecule has 6 aromatic rings. The molecular weight excluding hydrogens is 618 g/mol. The first-order valence-corrected chi connectivity index (χ1v) is 14.6. The molecule has 0 saturated heterocycles. The molecular formula is C37H24F6N2O2. The van der Waals surface area contributed by atoms with Crippen LogP contribution in [-0.4, -0.2) is 16.4 Å². The summed E-state index contributed by atoms with van der Waals surface area (Å²) in [5.41, 5.74) is 1.67. The third-order valence-corrected chi connectivity index (χ3v) is 8.59. The largest absolute Gasteiger partial charge is 0.416 e. The minimum atomic E-state index is -5.02. The van der Waals surface area contributed by atoms with E-state index in [2.05, 4.69) is 0 Å². The fraction of sp³-hybridized carbons (Fsp3) is 0.135. The molecule has 47 heavy (non-hydrogen) atoms. The van der Waals surface area contributed by atoms with Crippen LogP contribution in [0.15, 0.2) is 91.0 Å². The summed E-state index contributed by atoms with van der Waals surface area (Å²) < 4.78 is 84.7. The zero-order valence-electron chi connectivity index (χ0n) is 25.1. The van der Waals surface area contributed by atoms with E-state index in [9.17, 15) is 35.9 Å². The summed E-state index contributed by atoms with van der Waals surface area (Å²) in [6.07, 6.45) is -10.0. The van der Waals surface area contributed by atoms with Crippen molar-refractivity contribution in [3.8, 4) is 16.8 Å². The number of fused-ring (bicyclic) bond motifs is 4. The third-order valence-electron chi connectivity index (χ3n) is 8.59. The highest BCUT2D eigenvalue weighted by molar-refractivity contribution is 6.36. The molecule has 0 radical (unpaired) electrons. The van der Waals surface area contributed by atoms with E-state index >= 15 is 0 Å². The Hall–Kier alpha value is -5.38. The van der Waals surface area contributed by atoms with Crippen LogP contribution in [0.4, 0.5) is 32.0 Å². The molecule has 7 rings (SSSR count). The van der Waals surface area contributed by atoms with Crippen molar-refractivity contribution in [2.75, 3.05) is 4.90 Å². The van der Waals surface area contributed by atoms with Crippen molar-refractivity contribution in [3.05, 3.63) is 130 Å². The van der Waals surface area contributed by atoms with Crippen LogP contribution < -0.4 is 4.90 Å². The Balaban J connectivity index is 1.50. The molecule has 1 aromatic heterocycles. The number of hydrogen-bond donors (Lipinski definition) is 0. The maximum absolute atomic E-state index is 14.2. The van der Waals surface area contributed by atoms with Gasteiger partial charge in [-0.3, -0.25) is 9.59 Å². The maximum atomic E-state index is 14.2. The Labute approximate surface area is 264 Å². The summed E-state index contributed by atoms with van der Waals surface area (Å²) in [5.74, 6) is -1.03. The van der Waals surface area contributed by atoms with Crippen molar-refractivity contribution < 1.29 is 35.9 Å². The van der Waals surface area contributed by atoms with Crippen molar-refractivity contribution in [2.24, 2.45) is 0 Å². The number of halogens is 6. The Bertz CT molecular complexity index is 2260. The Morgan fingerprint density at radius 3 is 1.81 bits per heavy atom. The number of imide groups is 1. The second-order valence-electron chi connectivity index (χ2n) is 11.7. The van der Waals surface area contributed by atoms with Gasteiger partial charge < -0.3 is 4.57 Å². The van der Waals surface area contributed by atoms with Gasteiger partial charge in [0.15, 0.2) is 0 Å². The minimum Gasteiger partial charge on any atom is -0.308 e. The van der Waals surface area contributed by atoms with Crippen molar-refractivity contribution in [2.45, 2.75) is 33.1 Å². The number of para-hydroxylation sites is 1. The summed E-state index contributed by atoms with van der Waals surface area (Å²) in [7, 11) is 0. The molecule has 236 valence electrons. The predicted molar refractivity (Wildman–Crippen MR) is 168 cm³/mol. The molecule has 0 atom stereocenters. The number of nitrogens with zero attached hydrogens (tertiary/aromatic N) is 2. The summed E-state index contributed by atoms with van der Waals surface area (Å²) in [4.78, 5) is 29.2. The fourth-order valence-corrected chi connectivity index (χ4v) is 6.81. The molecule has 5 aromatic carbocycles. The number of carbonyl (C=O) groups is 2. The molecule has 2 amide bonds. The summed E-state index contributed by atoms with van der Waals surface area (Å²) in [6, 6.07) is 21.8. The van der Waals surface area contributed by atoms with Crippen molar-refractivity contribution in [3.63, 3.8) is 0 Å². The van der Waals surface area contributed by atoms with Crippen LogP contribution in [-0.2, 0) is 12.4 Å². The zero-order valence-corrected chi connectivity index (χ0v) is 25.1. The van der Waals surface area contributed by atoms with Gasteiger partial charge in [0.2, 0.25) is 0 Å². The molecule has 4 nitrogen and oxygen atoms in total. The lowest BCUT2D eigenvalue weighted by Crippen LogP contribution is -2.31. The number of aryl methyl sites for hydroxylation is 3. The first kappa shape index (κ1) is 30.3. The molecule has 1 aliphatic heterocycles. The highest BCUT2D eigenvalue weighted by Gasteiger charge is 2.41. The zero-order chi connectivity index (χ0) is 33.6. The van der Waals surface area contributed by atoms with Crippen molar-refractivity contribution >= 4 is 39.3 Å². The molecule has 0 spiro atoms. The number of amides is 2. The molecule has 0 saturated carbocycles. The van der Waals surface area contributed by atoms with E-state index in [1.54, 1.807) is 59.2 Å². The molecule has 0 unspecified atom stereocenters. The number of aromatic nitrogens is 1. The van der Waals surface area contributed by atoms with E-state index < -0.39 is 35.3 Å². The highest BCUT2D eigenvalue weighted by atomic mass is 19.4. The lowest BCUT2D eigenvalue weighted by atomic mass is 9.95. The monoisotopic (exact) mass is 642 g/mol. The van der Waals surface area contributed by atoms with Gasteiger partial charge in [-0.05, 0) is 85.5 Å². The van der Waals surface area contributed by atoms with E-state index in [1.807, 2.05) is 32.9 Å². The summed E-state index contributed by atoms with van der Waals surface area (Å²) in [6.45, 7) is 5.57. The third kappa shape index (κ3) is 4.69. The standard InChI is InChI=1S/C37H24F6N2O2/c1-19-14-20(2)33(21(3)15-19)45-34(46)27-10-7-13-30(32(27)35(45)47)44-28-11-5-4-8-26(28)31-25(9-6-12-29(31)44)22-16-23(36(38,39)40)18-24(17-22)37(41,42)43/h4-18H,1-3H3. The maximum Gasteiger partial charge on any atom is 0.416 e. The van der Waals surface area contributed by atoms with Crippen LogP contribution in [0.5, 0.6) is 0 Å². The Morgan fingerprint density at radius 1 is 0.596 bits per heavy atom. The molecule has 0 fully saturated rings. The van der Waals surface area contributed by atoms with Gasteiger partial charge in [-0.1, -0.05) is 54.1 Å². The van der Waals surface area contributed by atoms with Gasteiger partial charge in [0.25, 0.3) is 11.8 Å². The first-order valence-electron chi connectivity index (χ1n) is 14.6. The number of alkyl halides is 6. The Kier molecular flexibility index (Phi) is 6.65. The van der Waals surface area contributed by atoms with Crippen LogP contribution in [0.2, 0.25) is 0 Å². The summed E-state index contributed by atoms with van der Waals surface area (Å²) >= 11 is 0. The summed E-state index contributed by atoms with van der Waals surface area (Å²) in [5, 5.41) is 0.938. The van der Waals surface area contributed by atoms with Gasteiger partial charge in [-0.25, -0.2) is 4.90 Å². The van der Waals surface area contributed by atoms with Gasteiger partial charge in [0, 0.05) is 10.8 Å². The van der Waals surface area contributed by atoms with E-state index in [4.69, 9.17) is 0 Å². The number of hydrogen-bond acceptors (Lipinski definition) is 2. The minimum absolute atomic E-state index is 0.103. The van der Waals surface area contributed by atoms with Crippen LogP contribution in [0, 0.1) is 20.8 Å². The van der Waals surface area contributed by atoms with Gasteiger partial charge in [-0.2, -0.15) is 26.3 Å². The molecule has 10 heteroatoms. The SMILES string of the molecule is Cc1cc(C)c(N2C(=O)c3cccc(-n4c5ccccc5c5c(-c6cc(C(F)(F)F)cc(C(F)(F)F)c6)cccc54)c3C2=O)c(C)c1. The van der Waals surface area contributed by atoms with E-state index in [-0.39, 0.29) is 28.3 Å². The normalized spacial score (nSPS) is 13.7. The number of rotatable bonds is 3. The van der Waals surface area contributed by atoms with Gasteiger partial charge in [0.05, 0.1) is 44.7 Å². The number of anilines is 1. The Morgan fingerprint density at radius 2 is 1.17 bits per heavy atom. The lowest BCUT2D eigenvalue weighted by molar-refractivity contribution is -0.143. The van der Waals surface area contributed by atoms with Crippen molar-refractivity contribution in [1.82, 2.24) is 4.57 Å². The highest BCUT2D eigenvalue weighted by Crippen LogP contribution is 2.44. The average molecular weight is 643 g/mol. The number of benzene rings is 5. The molecule has 1 aliphatic rings. The van der Waals surface area contributed by atoms with Gasteiger partial charge in [-0.15, -0.1) is 0 Å². The number of carbonyl (C=O) groups excluding carboxylic acids is 2. The van der Waals surface area contributed by atoms with Crippen molar-refractivity contribution in [1.29, 1.82) is 0 Å². The first-order chi connectivity index (χ1) is 22.2. The molecule has 0 N–H and O–H groups in total. The second-order valence-corrected chi connectivity index (χ2v) is 11.7. The molecule has 2 heterocycles. The van der Waals surface area contributed by atoms with Crippen LogP contribution in [0.3, 0.4) is 0 Å². The van der Waals surface area contributed by atoms with E-state index in [0.29, 0.717) is 45.3 Å². The van der Waals surface area contributed by atoms with Crippen LogP contribution in [0.25, 0.3) is 38.6 Å². The fourth-order valence-electron chi connectivity index (χ4n) is 6.81.